The molecule has 0 spiro atoms. The maximum absolute atomic E-state index is 11.6. The molecule has 1 aromatic heterocycles. The minimum absolute atomic E-state index is 0.0244. The normalized spacial score (nSPS) is 20.2. The van der Waals surface area contributed by atoms with Gasteiger partial charge in [0.05, 0.1) is 11.6 Å². The van der Waals surface area contributed by atoms with Crippen LogP contribution in [0.3, 0.4) is 0 Å². The molecule has 104 valence electrons. The third kappa shape index (κ3) is 3.51. The van der Waals surface area contributed by atoms with E-state index in [1.807, 2.05) is 0 Å². The second kappa shape index (κ2) is 6.12. The average molecular weight is 283 g/mol. The van der Waals surface area contributed by atoms with E-state index in [1.54, 1.807) is 12.4 Å². The van der Waals surface area contributed by atoms with Gasteiger partial charge < -0.3 is 10.4 Å². The number of likely N-dealkylation sites (tertiary alicyclic amines) is 1. The zero-order valence-corrected chi connectivity index (χ0v) is 11.6. The number of hydrogen-bond donors (Lipinski definition) is 2. The van der Waals surface area contributed by atoms with Crippen molar-refractivity contribution in [1.29, 1.82) is 0 Å². The molecule has 1 atom stereocenters. The van der Waals surface area contributed by atoms with Gasteiger partial charge in [0.1, 0.15) is 0 Å². The molecule has 1 amide bonds. The second-order valence-corrected chi connectivity index (χ2v) is 5.50. The van der Waals surface area contributed by atoms with Crippen LogP contribution in [0.15, 0.2) is 5.38 Å². The number of piperidine rings is 1. The summed E-state index contributed by atoms with van der Waals surface area (Å²) in [7, 11) is 1.65. The van der Waals surface area contributed by atoms with Crippen molar-refractivity contribution in [3.05, 3.63) is 16.1 Å². The maximum Gasteiger partial charge on any atom is 0.365 e. The molecule has 0 aromatic carbocycles. The zero-order valence-electron chi connectivity index (χ0n) is 10.8. The van der Waals surface area contributed by atoms with Gasteiger partial charge in [-0.15, -0.1) is 11.3 Å². The number of nitrogens with zero attached hydrogens (tertiary/aromatic N) is 2. The SMILES string of the molecule is CNC(=O)C1CCCN(Cc2csc(C(=O)O)n2)C1. The molecule has 0 saturated carbocycles. The van der Waals surface area contributed by atoms with E-state index in [0.717, 1.165) is 36.4 Å². The van der Waals surface area contributed by atoms with E-state index in [9.17, 15) is 9.59 Å². The van der Waals surface area contributed by atoms with Crippen LogP contribution in [-0.2, 0) is 11.3 Å². The number of nitrogens with one attached hydrogen (secondary N) is 1. The minimum atomic E-state index is -0.988. The fraction of sp³-hybridized carbons (Fsp3) is 0.583. The van der Waals surface area contributed by atoms with Gasteiger partial charge in [-0.25, -0.2) is 9.78 Å². The number of rotatable bonds is 4. The lowest BCUT2D eigenvalue weighted by atomic mass is 9.97. The smallest absolute Gasteiger partial charge is 0.365 e. The highest BCUT2D eigenvalue weighted by atomic mass is 32.1. The number of hydrogen-bond acceptors (Lipinski definition) is 5. The third-order valence-corrected chi connectivity index (χ3v) is 4.12. The van der Waals surface area contributed by atoms with Crippen molar-refractivity contribution in [3.8, 4) is 0 Å². The van der Waals surface area contributed by atoms with Crippen LogP contribution in [0.5, 0.6) is 0 Å². The fourth-order valence-electron chi connectivity index (χ4n) is 2.32. The average Bonchev–Trinajstić information content (AvgIpc) is 2.87. The van der Waals surface area contributed by atoms with Crippen molar-refractivity contribution in [2.45, 2.75) is 19.4 Å². The predicted octanol–water partition coefficient (Wildman–Crippen LogP) is 0.799. The summed E-state index contributed by atoms with van der Waals surface area (Å²) in [5, 5.41) is 13.4. The van der Waals surface area contributed by atoms with E-state index >= 15 is 0 Å². The third-order valence-electron chi connectivity index (χ3n) is 3.24. The summed E-state index contributed by atoms with van der Waals surface area (Å²) >= 11 is 1.14. The summed E-state index contributed by atoms with van der Waals surface area (Å²) in [6, 6.07) is 0. The molecule has 6 nitrogen and oxygen atoms in total. The number of thiazole rings is 1. The van der Waals surface area contributed by atoms with E-state index in [2.05, 4.69) is 15.2 Å². The van der Waals surface area contributed by atoms with Gasteiger partial charge in [0.15, 0.2) is 0 Å². The highest BCUT2D eigenvalue weighted by Gasteiger charge is 2.25. The standard InChI is InChI=1S/C12H17N3O3S/c1-13-10(16)8-3-2-4-15(5-8)6-9-7-19-11(14-9)12(17)18/h7-8H,2-6H2,1H3,(H,13,16)(H,17,18). The van der Waals surface area contributed by atoms with Crippen LogP contribution in [-0.4, -0.2) is 47.0 Å². The fourth-order valence-corrected chi connectivity index (χ4v) is 2.97. The van der Waals surface area contributed by atoms with Crippen LogP contribution < -0.4 is 5.32 Å². The number of aromatic nitrogens is 1. The van der Waals surface area contributed by atoms with Gasteiger partial charge in [-0.3, -0.25) is 9.69 Å². The summed E-state index contributed by atoms with van der Waals surface area (Å²) in [5.41, 5.74) is 0.764. The van der Waals surface area contributed by atoms with Crippen molar-refractivity contribution in [2.75, 3.05) is 20.1 Å². The van der Waals surface area contributed by atoms with Gasteiger partial charge in [-0.2, -0.15) is 0 Å². The highest BCUT2D eigenvalue weighted by molar-refractivity contribution is 7.11. The molecule has 1 fully saturated rings. The lowest BCUT2D eigenvalue weighted by Gasteiger charge is -2.31. The number of aromatic carboxylic acids is 1. The van der Waals surface area contributed by atoms with E-state index in [-0.39, 0.29) is 16.8 Å². The molecule has 0 radical (unpaired) electrons. The first kappa shape index (κ1) is 14.0. The molecule has 7 heteroatoms. The summed E-state index contributed by atoms with van der Waals surface area (Å²) in [6.45, 7) is 2.24. The Bertz CT molecular complexity index is 475. The van der Waals surface area contributed by atoms with Gasteiger partial charge >= 0.3 is 5.97 Å². The molecule has 1 aliphatic rings. The Labute approximate surface area is 115 Å². The van der Waals surface area contributed by atoms with Gasteiger partial charge in [0.2, 0.25) is 10.9 Å². The number of amides is 1. The Kier molecular flexibility index (Phi) is 4.49. The quantitative estimate of drug-likeness (QED) is 0.854. The van der Waals surface area contributed by atoms with Crippen LogP contribution in [0.4, 0.5) is 0 Å². The Hall–Kier alpha value is -1.47. The van der Waals surface area contributed by atoms with Crippen LogP contribution in [0, 0.1) is 5.92 Å². The van der Waals surface area contributed by atoms with Crippen LogP contribution in [0.25, 0.3) is 0 Å². The van der Waals surface area contributed by atoms with Crippen molar-refractivity contribution in [1.82, 2.24) is 15.2 Å². The van der Waals surface area contributed by atoms with Gasteiger partial charge in [-0.1, -0.05) is 0 Å². The largest absolute Gasteiger partial charge is 0.476 e. The van der Waals surface area contributed by atoms with Crippen molar-refractivity contribution < 1.29 is 14.7 Å². The first-order chi connectivity index (χ1) is 9.10. The molecule has 1 aromatic rings. The highest BCUT2D eigenvalue weighted by Crippen LogP contribution is 2.19. The lowest BCUT2D eigenvalue weighted by Crippen LogP contribution is -2.41. The van der Waals surface area contributed by atoms with Crippen LogP contribution in [0.2, 0.25) is 0 Å². The number of carboxylic acids is 1. The van der Waals surface area contributed by atoms with Crippen molar-refractivity contribution in [2.24, 2.45) is 5.92 Å². The summed E-state index contributed by atoms with van der Waals surface area (Å²) < 4.78 is 0. The molecule has 1 saturated heterocycles. The topological polar surface area (TPSA) is 82.5 Å². The summed E-state index contributed by atoms with van der Waals surface area (Å²) in [5.74, 6) is -0.885. The maximum atomic E-state index is 11.6. The van der Waals surface area contributed by atoms with Crippen LogP contribution >= 0.6 is 11.3 Å². The molecular formula is C12H17N3O3S. The molecule has 19 heavy (non-hydrogen) atoms. The monoisotopic (exact) mass is 283 g/mol. The summed E-state index contributed by atoms with van der Waals surface area (Å²) in [4.78, 5) is 28.6. The predicted molar refractivity (Wildman–Crippen MR) is 71.1 cm³/mol. The van der Waals surface area contributed by atoms with Crippen LogP contribution in [0.1, 0.15) is 28.3 Å². The Balaban J connectivity index is 1.94. The first-order valence-corrected chi connectivity index (χ1v) is 7.09. The molecule has 2 N–H and O–H groups in total. The van der Waals surface area contributed by atoms with Crippen molar-refractivity contribution in [3.63, 3.8) is 0 Å². The van der Waals surface area contributed by atoms with Gasteiger partial charge in [0, 0.05) is 25.5 Å². The molecule has 1 aliphatic heterocycles. The first-order valence-electron chi connectivity index (χ1n) is 6.21. The molecule has 0 bridgehead atoms. The minimum Gasteiger partial charge on any atom is -0.476 e. The van der Waals surface area contributed by atoms with Crippen molar-refractivity contribution >= 4 is 23.2 Å². The van der Waals surface area contributed by atoms with E-state index < -0.39 is 5.97 Å². The molecule has 2 rings (SSSR count). The Morgan fingerprint density at radius 3 is 3.05 bits per heavy atom. The Morgan fingerprint density at radius 2 is 2.42 bits per heavy atom. The van der Waals surface area contributed by atoms with E-state index in [0.29, 0.717) is 13.1 Å². The van der Waals surface area contributed by atoms with Gasteiger partial charge in [0.25, 0.3) is 0 Å². The summed E-state index contributed by atoms with van der Waals surface area (Å²) in [6.07, 6.45) is 1.89. The molecular weight excluding hydrogens is 266 g/mol. The zero-order chi connectivity index (χ0) is 13.8. The second-order valence-electron chi connectivity index (χ2n) is 4.64. The number of carbonyl (C=O) groups excluding carboxylic acids is 1. The van der Waals surface area contributed by atoms with E-state index in [1.165, 1.54) is 0 Å². The van der Waals surface area contributed by atoms with E-state index in [4.69, 9.17) is 5.11 Å². The molecule has 2 heterocycles. The number of carbonyl (C=O) groups is 2. The lowest BCUT2D eigenvalue weighted by molar-refractivity contribution is -0.126. The Morgan fingerprint density at radius 1 is 1.63 bits per heavy atom. The molecule has 0 aliphatic carbocycles. The van der Waals surface area contributed by atoms with Gasteiger partial charge in [-0.05, 0) is 19.4 Å². The number of carboxylic acid groups (broad SMARTS) is 1. The molecule has 1 unspecified atom stereocenters.